The fraction of sp³-hybridized carbons (Fsp3) is 0.600. The van der Waals surface area contributed by atoms with Gasteiger partial charge in [0.1, 0.15) is 12.9 Å². The Kier molecular flexibility index (Phi) is 9.32. The lowest BCUT2D eigenvalue weighted by Gasteiger charge is -2.41. The highest BCUT2D eigenvalue weighted by Gasteiger charge is 2.41. The maximum Gasteiger partial charge on any atom is 0.192 e. The lowest BCUT2D eigenvalue weighted by molar-refractivity contribution is -0.0916. The number of hydrogen-bond donors (Lipinski definition) is 0. The van der Waals surface area contributed by atoms with E-state index in [2.05, 4.69) is 87.3 Å². The Hall–Kier alpha value is -0.213. The van der Waals surface area contributed by atoms with Gasteiger partial charge in [-0.25, -0.2) is 0 Å². The van der Waals surface area contributed by atoms with Crippen LogP contribution in [0.1, 0.15) is 32.8 Å². The molecular formula is C20H33IO3Si. The van der Waals surface area contributed by atoms with E-state index in [0.29, 0.717) is 0 Å². The van der Waals surface area contributed by atoms with E-state index in [0.717, 1.165) is 16.4 Å². The minimum atomic E-state index is -1.92. The highest BCUT2D eigenvalue weighted by Crippen LogP contribution is 2.39. The molecule has 0 aliphatic rings. The minimum Gasteiger partial charge on any atom is -0.411 e. The van der Waals surface area contributed by atoms with E-state index in [9.17, 15) is 0 Å². The van der Waals surface area contributed by atoms with Gasteiger partial charge in [-0.3, -0.25) is 0 Å². The Labute approximate surface area is 168 Å². The first-order chi connectivity index (χ1) is 11.6. The van der Waals surface area contributed by atoms with Gasteiger partial charge >= 0.3 is 0 Å². The van der Waals surface area contributed by atoms with Gasteiger partial charge in [0.25, 0.3) is 0 Å². The van der Waals surface area contributed by atoms with Crippen LogP contribution >= 0.6 is 22.6 Å². The summed E-state index contributed by atoms with van der Waals surface area (Å²) in [6, 6.07) is 10.5. The molecule has 2 atom stereocenters. The second-order valence-corrected chi connectivity index (χ2v) is 14.0. The van der Waals surface area contributed by atoms with Crippen LogP contribution < -0.4 is 0 Å². The molecule has 3 nitrogen and oxygen atoms in total. The van der Waals surface area contributed by atoms with Crippen LogP contribution in [-0.4, -0.2) is 34.4 Å². The molecule has 25 heavy (non-hydrogen) atoms. The second kappa shape index (κ2) is 10.2. The SMILES string of the molecule is C=C(I)[C@H](OCOC)[C@H](CCc1ccccc1)O[Si](C)(C)C(C)(C)C. The number of ether oxygens (including phenoxy) is 2. The van der Waals surface area contributed by atoms with Crippen molar-refractivity contribution in [3.05, 3.63) is 46.1 Å². The molecule has 0 bridgehead atoms. The summed E-state index contributed by atoms with van der Waals surface area (Å²) in [5.41, 5.74) is 1.32. The van der Waals surface area contributed by atoms with Gasteiger partial charge in [0.05, 0.1) is 6.10 Å². The number of rotatable bonds is 10. The van der Waals surface area contributed by atoms with Gasteiger partial charge in [-0.2, -0.15) is 0 Å². The molecule has 0 saturated carbocycles. The van der Waals surface area contributed by atoms with Gasteiger partial charge in [-0.05, 0) is 59.1 Å². The minimum absolute atomic E-state index is 0.0272. The van der Waals surface area contributed by atoms with Crippen molar-refractivity contribution < 1.29 is 13.9 Å². The molecule has 0 saturated heterocycles. The average molecular weight is 476 g/mol. The molecule has 0 aromatic heterocycles. The molecule has 0 amide bonds. The van der Waals surface area contributed by atoms with Gasteiger partial charge < -0.3 is 13.9 Å². The number of hydrogen-bond acceptors (Lipinski definition) is 3. The summed E-state index contributed by atoms with van der Waals surface area (Å²) in [6.45, 7) is 15.7. The van der Waals surface area contributed by atoms with Crippen LogP contribution in [0.3, 0.4) is 0 Å². The second-order valence-electron chi connectivity index (χ2n) is 7.88. The zero-order valence-electron chi connectivity index (χ0n) is 16.5. The highest BCUT2D eigenvalue weighted by atomic mass is 127. The van der Waals surface area contributed by atoms with Gasteiger partial charge in [0, 0.05) is 10.7 Å². The monoisotopic (exact) mass is 476 g/mol. The van der Waals surface area contributed by atoms with Crippen LogP contribution in [0, 0.1) is 0 Å². The van der Waals surface area contributed by atoms with Crippen molar-refractivity contribution in [3.63, 3.8) is 0 Å². The lowest BCUT2D eigenvalue weighted by atomic mass is 10.0. The standard InChI is InChI=1S/C20H33IO3Si/c1-16(21)19(23-15-22-5)18(24-25(6,7)20(2,3)4)14-13-17-11-9-8-10-12-17/h8-12,18-19H,1,13-15H2,2-7H3/t18-,19-/m0/s1. The molecular weight excluding hydrogens is 443 g/mol. The highest BCUT2D eigenvalue weighted by molar-refractivity contribution is 14.1. The van der Waals surface area contributed by atoms with E-state index in [4.69, 9.17) is 13.9 Å². The van der Waals surface area contributed by atoms with Crippen molar-refractivity contribution in [1.29, 1.82) is 0 Å². The molecule has 0 spiro atoms. The number of aryl methyl sites for hydroxylation is 1. The van der Waals surface area contributed by atoms with Crippen molar-refractivity contribution in [3.8, 4) is 0 Å². The molecule has 0 N–H and O–H groups in total. The van der Waals surface area contributed by atoms with Crippen molar-refractivity contribution >= 4 is 30.9 Å². The first-order valence-electron chi connectivity index (χ1n) is 8.75. The quantitative estimate of drug-likeness (QED) is 0.237. The van der Waals surface area contributed by atoms with Crippen LogP contribution in [0.25, 0.3) is 0 Å². The van der Waals surface area contributed by atoms with Gasteiger partial charge in [-0.15, -0.1) is 0 Å². The van der Waals surface area contributed by atoms with Gasteiger partial charge in [0.15, 0.2) is 8.32 Å². The largest absolute Gasteiger partial charge is 0.411 e. The topological polar surface area (TPSA) is 27.7 Å². The molecule has 0 aliphatic carbocycles. The van der Waals surface area contributed by atoms with E-state index in [1.165, 1.54) is 5.56 Å². The average Bonchev–Trinajstić information content (AvgIpc) is 2.52. The third kappa shape index (κ3) is 7.51. The maximum absolute atomic E-state index is 6.74. The van der Waals surface area contributed by atoms with Crippen molar-refractivity contribution in [1.82, 2.24) is 0 Å². The third-order valence-corrected chi connectivity index (χ3v) is 9.94. The molecule has 1 aromatic carbocycles. The van der Waals surface area contributed by atoms with Crippen LogP contribution in [0.4, 0.5) is 0 Å². The van der Waals surface area contributed by atoms with Crippen LogP contribution in [0.5, 0.6) is 0 Å². The molecule has 0 aliphatic heterocycles. The summed E-state index contributed by atoms with van der Waals surface area (Å²) < 4.78 is 18.7. The van der Waals surface area contributed by atoms with E-state index in [1.807, 2.05) is 6.07 Å². The Balaban J connectivity index is 2.96. The maximum atomic E-state index is 6.74. The number of halogens is 1. The first-order valence-corrected chi connectivity index (χ1v) is 12.7. The van der Waals surface area contributed by atoms with E-state index >= 15 is 0 Å². The predicted octanol–water partition coefficient (Wildman–Crippen LogP) is 5.95. The molecule has 1 rings (SSSR count). The summed E-state index contributed by atoms with van der Waals surface area (Å²) >= 11 is 2.25. The first kappa shape index (κ1) is 22.8. The molecule has 0 radical (unpaired) electrons. The summed E-state index contributed by atoms with van der Waals surface area (Å²) in [7, 11) is -0.280. The molecule has 142 valence electrons. The van der Waals surface area contributed by atoms with Crippen LogP contribution in [0.2, 0.25) is 18.1 Å². The summed E-state index contributed by atoms with van der Waals surface area (Å²) in [5, 5.41) is 0.149. The molecule has 0 heterocycles. The van der Waals surface area contributed by atoms with Crippen LogP contribution in [0.15, 0.2) is 40.5 Å². The van der Waals surface area contributed by atoms with Crippen molar-refractivity contribution in [2.75, 3.05) is 13.9 Å². The normalized spacial score (nSPS) is 15.0. The summed E-state index contributed by atoms with van der Waals surface area (Å²) in [4.78, 5) is 0. The predicted molar refractivity (Wildman–Crippen MR) is 117 cm³/mol. The Morgan fingerprint density at radius 3 is 2.28 bits per heavy atom. The fourth-order valence-corrected chi connectivity index (χ4v) is 4.25. The van der Waals surface area contributed by atoms with E-state index in [-0.39, 0.29) is 24.0 Å². The van der Waals surface area contributed by atoms with E-state index < -0.39 is 8.32 Å². The molecule has 1 aromatic rings. The molecule has 5 heteroatoms. The number of benzene rings is 1. The van der Waals surface area contributed by atoms with Gasteiger partial charge in [0.2, 0.25) is 0 Å². The zero-order valence-corrected chi connectivity index (χ0v) is 19.6. The Bertz CT molecular complexity index is 525. The molecule has 0 fully saturated rings. The van der Waals surface area contributed by atoms with E-state index in [1.54, 1.807) is 7.11 Å². The number of methoxy groups -OCH3 is 1. The summed E-state index contributed by atoms with van der Waals surface area (Å²) in [6.07, 6.45) is 1.66. The Morgan fingerprint density at radius 2 is 1.80 bits per heavy atom. The van der Waals surface area contributed by atoms with Crippen molar-refractivity contribution in [2.24, 2.45) is 0 Å². The molecule has 0 unspecified atom stereocenters. The zero-order chi connectivity index (χ0) is 19.1. The Morgan fingerprint density at radius 1 is 1.20 bits per heavy atom. The fourth-order valence-electron chi connectivity index (χ4n) is 2.32. The summed E-state index contributed by atoms with van der Waals surface area (Å²) in [5.74, 6) is 0. The smallest absolute Gasteiger partial charge is 0.192 e. The lowest BCUT2D eigenvalue weighted by Crippen LogP contribution is -2.48. The van der Waals surface area contributed by atoms with Crippen LogP contribution in [-0.2, 0) is 20.3 Å². The van der Waals surface area contributed by atoms with Gasteiger partial charge in [-0.1, -0.05) is 57.7 Å². The van der Waals surface area contributed by atoms with Crippen molar-refractivity contribution in [2.45, 2.75) is 64.0 Å². The third-order valence-electron chi connectivity index (χ3n) is 4.82.